The molecule has 0 radical (unpaired) electrons. The number of rotatable bonds is 4. The molecule has 4 heteroatoms. The summed E-state index contributed by atoms with van der Waals surface area (Å²) in [6.07, 6.45) is 5.87. The molecule has 0 saturated carbocycles. The van der Waals surface area contributed by atoms with Gasteiger partial charge in [-0.2, -0.15) is 4.48 Å². The van der Waals surface area contributed by atoms with E-state index in [1.807, 2.05) is 72.9 Å². The van der Waals surface area contributed by atoms with E-state index in [-0.39, 0.29) is 10.4 Å². The molecule has 1 unspecified atom stereocenters. The fourth-order valence-electron chi connectivity index (χ4n) is 2.78. The van der Waals surface area contributed by atoms with Crippen molar-refractivity contribution in [3.05, 3.63) is 78.5 Å². The third-order valence-electron chi connectivity index (χ3n) is 4.26. The lowest BCUT2D eigenvalue weighted by molar-refractivity contribution is -0.125. The van der Waals surface area contributed by atoms with E-state index in [0.29, 0.717) is 13.1 Å². The van der Waals surface area contributed by atoms with Gasteiger partial charge in [-0.05, 0) is 42.0 Å². The van der Waals surface area contributed by atoms with Crippen molar-refractivity contribution in [1.29, 1.82) is 0 Å². The Morgan fingerprint density at radius 1 is 1.08 bits per heavy atom. The summed E-state index contributed by atoms with van der Waals surface area (Å²) >= 11 is 0. The summed E-state index contributed by atoms with van der Waals surface area (Å²) in [6.45, 7) is 2.68. The first-order chi connectivity index (χ1) is 11.6. The van der Waals surface area contributed by atoms with Gasteiger partial charge in [-0.3, -0.25) is 0 Å². The van der Waals surface area contributed by atoms with Gasteiger partial charge in [0.1, 0.15) is 29.9 Å². The average Bonchev–Trinajstić information content (AvgIpc) is 2.63. The number of ether oxygens (including phenoxy) is 1. The van der Waals surface area contributed by atoms with Crippen LogP contribution in [0.1, 0.15) is 6.92 Å². The predicted octanol–water partition coefficient (Wildman–Crippen LogP) is 3.75. The Hall–Kier alpha value is -2.69. The van der Waals surface area contributed by atoms with Gasteiger partial charge in [0.25, 0.3) is 0 Å². The Bertz CT molecular complexity index is 779. The first kappa shape index (κ1) is 16.2. The number of nitrogens with two attached hydrogens (primary N) is 1. The number of hydrogen-bond donors (Lipinski definition) is 1. The SMILES string of the molecule is CC(=O)[N+]1(c2ccc(Oc3ccccc3)cc2)C=CC(CN)=CC1. The Balaban J connectivity index is 1.85. The van der Waals surface area contributed by atoms with E-state index in [2.05, 4.69) is 0 Å². The second-order valence-electron chi connectivity index (χ2n) is 5.78. The molecule has 2 N–H and O–H groups in total. The third kappa shape index (κ3) is 3.15. The highest BCUT2D eigenvalue weighted by Gasteiger charge is 2.34. The van der Waals surface area contributed by atoms with E-state index in [9.17, 15) is 4.79 Å². The number of carbonyl (C=O) groups excluding carboxylic acids is 1. The predicted molar refractivity (Wildman–Crippen MR) is 96.6 cm³/mol. The molecular formula is C20H21N2O2+. The van der Waals surface area contributed by atoms with Crippen molar-refractivity contribution in [2.45, 2.75) is 6.92 Å². The highest BCUT2D eigenvalue weighted by molar-refractivity contribution is 5.89. The monoisotopic (exact) mass is 321 g/mol. The van der Waals surface area contributed by atoms with Gasteiger partial charge in [-0.15, -0.1) is 0 Å². The third-order valence-corrected chi connectivity index (χ3v) is 4.26. The van der Waals surface area contributed by atoms with E-state index >= 15 is 0 Å². The van der Waals surface area contributed by atoms with E-state index < -0.39 is 0 Å². The minimum Gasteiger partial charge on any atom is -0.457 e. The Morgan fingerprint density at radius 2 is 1.75 bits per heavy atom. The molecule has 4 nitrogen and oxygen atoms in total. The number of nitrogens with zero attached hydrogens (tertiary/aromatic N) is 1. The number of hydrogen-bond acceptors (Lipinski definition) is 3. The van der Waals surface area contributed by atoms with Crippen molar-refractivity contribution in [3.63, 3.8) is 0 Å². The summed E-state index contributed by atoms with van der Waals surface area (Å²) in [5.41, 5.74) is 7.63. The fourth-order valence-corrected chi connectivity index (χ4v) is 2.78. The van der Waals surface area contributed by atoms with Crippen LogP contribution in [0.5, 0.6) is 11.5 Å². The molecule has 0 aliphatic carbocycles. The highest BCUT2D eigenvalue weighted by Crippen LogP contribution is 2.31. The number of amides is 1. The maximum atomic E-state index is 12.3. The quantitative estimate of drug-likeness (QED) is 0.873. The molecule has 0 fully saturated rings. The van der Waals surface area contributed by atoms with Gasteiger partial charge in [-0.25, -0.2) is 4.79 Å². The summed E-state index contributed by atoms with van der Waals surface area (Å²) < 4.78 is 5.97. The zero-order chi connectivity index (χ0) is 17.0. The van der Waals surface area contributed by atoms with E-state index in [1.54, 1.807) is 6.92 Å². The summed E-state index contributed by atoms with van der Waals surface area (Å²) in [7, 11) is 0. The standard InChI is InChI=1S/C20H21N2O2/c1-16(23)22(13-11-17(15-21)12-14-22)18-7-9-20(10-8-18)24-19-5-3-2-4-6-19/h2-13H,14-15,21H2,1H3/q+1. The van der Waals surface area contributed by atoms with Gasteiger partial charge in [0.05, 0.1) is 6.92 Å². The van der Waals surface area contributed by atoms with Crippen molar-refractivity contribution in [2.75, 3.05) is 13.1 Å². The highest BCUT2D eigenvalue weighted by atomic mass is 16.5. The second-order valence-corrected chi connectivity index (χ2v) is 5.78. The van der Waals surface area contributed by atoms with E-state index in [1.165, 1.54) is 0 Å². The van der Waals surface area contributed by atoms with Crippen LogP contribution in [-0.2, 0) is 4.79 Å². The van der Waals surface area contributed by atoms with Gasteiger partial charge < -0.3 is 10.5 Å². The molecule has 122 valence electrons. The zero-order valence-electron chi connectivity index (χ0n) is 13.7. The molecular weight excluding hydrogens is 300 g/mol. The smallest absolute Gasteiger partial charge is 0.320 e. The van der Waals surface area contributed by atoms with Crippen molar-refractivity contribution in [3.8, 4) is 11.5 Å². The molecule has 0 saturated heterocycles. The number of para-hydroxylation sites is 1. The summed E-state index contributed by atoms with van der Waals surface area (Å²) in [4.78, 5) is 12.3. The van der Waals surface area contributed by atoms with Crippen LogP contribution in [0.15, 0.2) is 78.5 Å². The van der Waals surface area contributed by atoms with Crippen LogP contribution in [0.4, 0.5) is 5.69 Å². The molecule has 1 amide bonds. The number of carbonyl (C=O) groups is 1. The molecule has 1 aliphatic heterocycles. The van der Waals surface area contributed by atoms with Gasteiger partial charge in [0, 0.05) is 18.7 Å². The molecule has 2 aromatic carbocycles. The Morgan fingerprint density at radius 3 is 2.29 bits per heavy atom. The molecule has 0 bridgehead atoms. The lowest BCUT2D eigenvalue weighted by Gasteiger charge is -2.32. The molecule has 24 heavy (non-hydrogen) atoms. The topological polar surface area (TPSA) is 52.3 Å². The maximum Gasteiger partial charge on any atom is 0.320 e. The van der Waals surface area contributed by atoms with E-state index in [4.69, 9.17) is 10.5 Å². The van der Waals surface area contributed by atoms with E-state index in [0.717, 1.165) is 22.8 Å². The second kappa shape index (κ2) is 6.83. The average molecular weight is 321 g/mol. The Kier molecular flexibility index (Phi) is 4.60. The molecule has 1 atom stereocenters. The van der Waals surface area contributed by atoms with Crippen LogP contribution in [0.2, 0.25) is 0 Å². The van der Waals surface area contributed by atoms with Crippen molar-refractivity contribution in [1.82, 2.24) is 4.48 Å². The van der Waals surface area contributed by atoms with Crippen molar-refractivity contribution < 1.29 is 9.53 Å². The largest absolute Gasteiger partial charge is 0.457 e. The summed E-state index contributed by atoms with van der Waals surface area (Å²) in [5.74, 6) is 1.59. The van der Waals surface area contributed by atoms with Crippen LogP contribution in [0, 0.1) is 0 Å². The molecule has 3 rings (SSSR count). The lowest BCUT2D eigenvalue weighted by atomic mass is 10.1. The molecule has 2 aromatic rings. The summed E-state index contributed by atoms with van der Waals surface area (Å²) in [5, 5.41) is 0. The molecule has 1 heterocycles. The van der Waals surface area contributed by atoms with Crippen LogP contribution in [0.25, 0.3) is 0 Å². The number of quaternary nitrogens is 1. The first-order valence-corrected chi connectivity index (χ1v) is 7.95. The number of benzene rings is 2. The molecule has 0 aromatic heterocycles. The van der Waals surface area contributed by atoms with Gasteiger partial charge in [0.2, 0.25) is 0 Å². The Labute approximate surface area is 142 Å². The normalized spacial score (nSPS) is 19.7. The maximum absolute atomic E-state index is 12.3. The van der Waals surface area contributed by atoms with Crippen molar-refractivity contribution >= 4 is 11.6 Å². The van der Waals surface area contributed by atoms with Crippen LogP contribution in [0.3, 0.4) is 0 Å². The minimum absolute atomic E-state index is 0.0651. The van der Waals surface area contributed by atoms with Crippen LogP contribution >= 0.6 is 0 Å². The van der Waals surface area contributed by atoms with Crippen molar-refractivity contribution in [2.24, 2.45) is 5.73 Å². The van der Waals surface area contributed by atoms with Gasteiger partial charge in [0.15, 0.2) is 0 Å². The zero-order valence-corrected chi connectivity index (χ0v) is 13.7. The van der Waals surface area contributed by atoms with Gasteiger partial charge in [-0.1, -0.05) is 18.2 Å². The minimum atomic E-state index is 0.0651. The van der Waals surface area contributed by atoms with Crippen LogP contribution < -0.4 is 15.0 Å². The first-order valence-electron chi connectivity index (χ1n) is 7.95. The van der Waals surface area contributed by atoms with Crippen LogP contribution in [-0.4, -0.2) is 19.0 Å². The fraction of sp³-hybridized carbons (Fsp3) is 0.150. The lowest BCUT2D eigenvalue weighted by Crippen LogP contribution is -2.49. The molecule has 1 aliphatic rings. The summed E-state index contributed by atoms with van der Waals surface area (Å²) in [6, 6.07) is 17.3. The van der Waals surface area contributed by atoms with Gasteiger partial charge >= 0.3 is 5.91 Å². The molecule has 0 spiro atoms.